The lowest BCUT2D eigenvalue weighted by Gasteiger charge is -2.16. The summed E-state index contributed by atoms with van der Waals surface area (Å²) in [6, 6.07) is 7.68. The molecule has 4 nitrogen and oxygen atoms in total. The molecule has 0 radical (unpaired) electrons. The molecule has 1 heterocycles. The van der Waals surface area contributed by atoms with Crippen molar-refractivity contribution in [3.8, 4) is 5.75 Å². The van der Waals surface area contributed by atoms with E-state index in [1.807, 2.05) is 45.9 Å². The van der Waals surface area contributed by atoms with Gasteiger partial charge in [0.1, 0.15) is 17.9 Å². The number of hydrogen-bond acceptors (Lipinski definition) is 3. The van der Waals surface area contributed by atoms with Crippen LogP contribution in [-0.4, -0.2) is 17.5 Å². The maximum Gasteiger partial charge on any atom is 0.261 e. The Hall–Kier alpha value is -2.62. The van der Waals surface area contributed by atoms with Crippen molar-refractivity contribution in [3.63, 3.8) is 0 Å². The molecule has 1 aromatic heterocycles. The van der Waals surface area contributed by atoms with E-state index in [4.69, 9.17) is 4.74 Å². The van der Waals surface area contributed by atoms with Gasteiger partial charge >= 0.3 is 0 Å². The Bertz CT molecular complexity index is 731. The van der Waals surface area contributed by atoms with Crippen LogP contribution in [-0.2, 0) is 0 Å². The zero-order chi connectivity index (χ0) is 17.0. The number of benzene rings is 1. The molecule has 0 unspecified atom stereocenters. The number of anilines is 1. The zero-order valence-corrected chi connectivity index (χ0v) is 14.1. The molecule has 1 amide bonds. The van der Waals surface area contributed by atoms with E-state index in [2.05, 4.69) is 16.9 Å². The van der Waals surface area contributed by atoms with Crippen molar-refractivity contribution in [2.24, 2.45) is 0 Å². The third-order valence-corrected chi connectivity index (χ3v) is 3.60. The van der Waals surface area contributed by atoms with Crippen LogP contribution in [0.3, 0.4) is 0 Å². The topological polar surface area (TPSA) is 51.2 Å². The van der Waals surface area contributed by atoms with Gasteiger partial charge in [-0.2, -0.15) is 0 Å². The van der Waals surface area contributed by atoms with Gasteiger partial charge in [-0.3, -0.25) is 9.78 Å². The van der Waals surface area contributed by atoms with E-state index >= 15 is 0 Å². The highest BCUT2D eigenvalue weighted by Gasteiger charge is 2.19. The van der Waals surface area contributed by atoms with Crippen LogP contribution >= 0.6 is 0 Å². The Labute approximate surface area is 137 Å². The van der Waals surface area contributed by atoms with Crippen LogP contribution < -0.4 is 10.1 Å². The smallest absolute Gasteiger partial charge is 0.261 e. The molecule has 0 saturated carbocycles. The Morgan fingerprint density at radius 2 is 1.91 bits per heavy atom. The van der Waals surface area contributed by atoms with Crippen molar-refractivity contribution in [3.05, 3.63) is 65.0 Å². The minimum absolute atomic E-state index is 0.216. The molecular weight excluding hydrogens is 288 g/mol. The number of carbonyl (C=O) groups excluding carboxylic acids is 1. The molecule has 0 atom stereocenters. The molecule has 0 aliphatic rings. The number of aromatic nitrogens is 1. The third-order valence-electron chi connectivity index (χ3n) is 3.60. The summed E-state index contributed by atoms with van der Waals surface area (Å²) in [5, 5.41) is 2.99. The van der Waals surface area contributed by atoms with E-state index in [0.29, 0.717) is 23.6 Å². The minimum atomic E-state index is -0.216. The molecule has 0 bridgehead atoms. The van der Waals surface area contributed by atoms with Gasteiger partial charge in [-0.25, -0.2) is 0 Å². The van der Waals surface area contributed by atoms with Gasteiger partial charge in [0.05, 0.1) is 5.69 Å². The Kier molecular flexibility index (Phi) is 5.16. The van der Waals surface area contributed by atoms with Crippen molar-refractivity contribution >= 4 is 11.6 Å². The molecule has 120 valence electrons. The van der Waals surface area contributed by atoms with Crippen molar-refractivity contribution in [1.82, 2.24) is 4.98 Å². The normalized spacial score (nSPS) is 10.3. The highest BCUT2D eigenvalue weighted by atomic mass is 16.5. The molecule has 1 aromatic carbocycles. The van der Waals surface area contributed by atoms with Crippen molar-refractivity contribution in [1.29, 1.82) is 0 Å². The molecule has 2 aromatic rings. The first kappa shape index (κ1) is 16.7. The summed E-state index contributed by atoms with van der Waals surface area (Å²) in [6.45, 7) is 11.6. The second-order valence-electron chi connectivity index (χ2n) is 5.54. The van der Waals surface area contributed by atoms with Crippen LogP contribution in [0.2, 0.25) is 0 Å². The molecule has 0 saturated heterocycles. The Morgan fingerprint density at radius 3 is 2.52 bits per heavy atom. The van der Waals surface area contributed by atoms with Crippen LogP contribution in [0, 0.1) is 27.7 Å². The van der Waals surface area contributed by atoms with Crippen molar-refractivity contribution < 1.29 is 9.53 Å². The SMILES string of the molecule is C=CCOc1cc(C)nc(C)c1C(=O)Nc1c(C)cccc1C. The minimum Gasteiger partial charge on any atom is -0.489 e. The van der Waals surface area contributed by atoms with E-state index in [1.54, 1.807) is 12.1 Å². The zero-order valence-electron chi connectivity index (χ0n) is 14.1. The second-order valence-corrected chi connectivity index (χ2v) is 5.54. The highest BCUT2D eigenvalue weighted by Crippen LogP contribution is 2.26. The predicted molar refractivity (Wildman–Crippen MR) is 93.3 cm³/mol. The third kappa shape index (κ3) is 3.77. The summed E-state index contributed by atoms with van der Waals surface area (Å²) in [4.78, 5) is 17.2. The first-order valence-electron chi connectivity index (χ1n) is 7.53. The molecule has 0 aliphatic carbocycles. The Morgan fingerprint density at radius 1 is 1.26 bits per heavy atom. The lowest BCUT2D eigenvalue weighted by atomic mass is 10.1. The van der Waals surface area contributed by atoms with Crippen LogP contribution in [0.4, 0.5) is 5.69 Å². The van der Waals surface area contributed by atoms with Crippen LogP contribution in [0.1, 0.15) is 32.9 Å². The fourth-order valence-electron chi connectivity index (χ4n) is 2.52. The number of para-hydroxylation sites is 1. The van der Waals surface area contributed by atoms with Gasteiger partial charge in [0.15, 0.2) is 0 Å². The number of rotatable bonds is 5. The number of carbonyl (C=O) groups is 1. The predicted octanol–water partition coefficient (Wildman–Crippen LogP) is 4.13. The number of pyridine rings is 1. The fraction of sp³-hybridized carbons (Fsp3) is 0.263. The Balaban J connectivity index is 2.40. The molecule has 23 heavy (non-hydrogen) atoms. The van der Waals surface area contributed by atoms with Gasteiger partial charge in [-0.1, -0.05) is 30.9 Å². The van der Waals surface area contributed by atoms with E-state index < -0.39 is 0 Å². The number of aryl methyl sites for hydroxylation is 4. The molecule has 1 N–H and O–H groups in total. The highest BCUT2D eigenvalue weighted by molar-refractivity contribution is 6.07. The summed E-state index contributed by atoms with van der Waals surface area (Å²) < 4.78 is 5.65. The molecular formula is C19H22N2O2. The standard InChI is InChI=1S/C19H22N2O2/c1-6-10-23-16-11-14(4)20-15(5)17(16)19(22)21-18-12(2)8-7-9-13(18)3/h6-9,11H,1,10H2,2-5H3,(H,21,22). The molecule has 0 spiro atoms. The summed E-state index contributed by atoms with van der Waals surface area (Å²) in [5.74, 6) is 0.310. The number of hydrogen-bond donors (Lipinski definition) is 1. The summed E-state index contributed by atoms with van der Waals surface area (Å²) in [7, 11) is 0. The molecule has 2 rings (SSSR count). The van der Waals surface area contributed by atoms with Crippen molar-refractivity contribution in [2.75, 3.05) is 11.9 Å². The lowest BCUT2D eigenvalue weighted by molar-refractivity contribution is 0.102. The maximum atomic E-state index is 12.8. The maximum absolute atomic E-state index is 12.8. The number of ether oxygens (including phenoxy) is 1. The summed E-state index contributed by atoms with van der Waals surface area (Å²) >= 11 is 0. The van der Waals surface area contributed by atoms with Crippen LogP contribution in [0.15, 0.2) is 36.9 Å². The van der Waals surface area contributed by atoms with Gasteiger partial charge in [0, 0.05) is 17.4 Å². The largest absolute Gasteiger partial charge is 0.489 e. The van der Waals surface area contributed by atoms with Crippen molar-refractivity contribution in [2.45, 2.75) is 27.7 Å². The van der Waals surface area contributed by atoms with E-state index in [1.165, 1.54) is 0 Å². The average molecular weight is 310 g/mol. The second kappa shape index (κ2) is 7.09. The summed E-state index contributed by atoms with van der Waals surface area (Å²) in [6.07, 6.45) is 1.65. The quantitative estimate of drug-likeness (QED) is 0.845. The number of nitrogens with zero attached hydrogens (tertiary/aromatic N) is 1. The van der Waals surface area contributed by atoms with Gasteiger partial charge in [0.25, 0.3) is 5.91 Å². The monoisotopic (exact) mass is 310 g/mol. The van der Waals surface area contributed by atoms with Gasteiger partial charge in [-0.15, -0.1) is 0 Å². The van der Waals surface area contributed by atoms with Crippen LogP contribution in [0.5, 0.6) is 5.75 Å². The number of amides is 1. The lowest BCUT2D eigenvalue weighted by Crippen LogP contribution is -2.18. The first-order chi connectivity index (χ1) is 10.9. The number of nitrogens with one attached hydrogen (secondary N) is 1. The van der Waals surface area contributed by atoms with E-state index in [-0.39, 0.29) is 5.91 Å². The van der Waals surface area contributed by atoms with Gasteiger partial charge in [-0.05, 0) is 38.8 Å². The molecule has 0 aliphatic heterocycles. The molecule has 0 fully saturated rings. The molecule has 4 heteroatoms. The van der Waals surface area contributed by atoms with E-state index in [9.17, 15) is 4.79 Å². The van der Waals surface area contributed by atoms with Gasteiger partial charge in [0.2, 0.25) is 0 Å². The fourth-order valence-corrected chi connectivity index (χ4v) is 2.52. The van der Waals surface area contributed by atoms with Gasteiger partial charge < -0.3 is 10.1 Å². The average Bonchev–Trinajstić information content (AvgIpc) is 2.48. The summed E-state index contributed by atoms with van der Waals surface area (Å²) in [5.41, 5.74) is 4.78. The van der Waals surface area contributed by atoms with Crippen LogP contribution in [0.25, 0.3) is 0 Å². The van der Waals surface area contributed by atoms with E-state index in [0.717, 1.165) is 22.5 Å². The first-order valence-corrected chi connectivity index (χ1v) is 7.53.